The molecule has 19 heavy (non-hydrogen) atoms. The summed E-state index contributed by atoms with van der Waals surface area (Å²) < 4.78 is 5.59. The molecule has 8 heteroatoms. The summed E-state index contributed by atoms with van der Waals surface area (Å²) in [4.78, 5) is 18.6. The molecule has 98 valence electrons. The van der Waals surface area contributed by atoms with Gasteiger partial charge in [0.1, 0.15) is 5.15 Å². The highest BCUT2D eigenvalue weighted by Gasteiger charge is 2.21. The molecule has 2 aromatic heterocycles. The number of hydrogen-bond acceptors (Lipinski definition) is 5. The number of rotatable bonds is 3. The van der Waals surface area contributed by atoms with Crippen molar-refractivity contribution >= 4 is 33.2 Å². The van der Waals surface area contributed by atoms with Crippen LogP contribution in [-0.2, 0) is 0 Å². The second-order valence-electron chi connectivity index (χ2n) is 3.47. The molecule has 0 spiro atoms. The van der Waals surface area contributed by atoms with Gasteiger partial charge >= 0.3 is 0 Å². The largest absolute Gasteiger partial charge is 0.480 e. The number of nitro groups is 1. The van der Waals surface area contributed by atoms with Gasteiger partial charge in [0.2, 0.25) is 5.88 Å². The van der Waals surface area contributed by atoms with Crippen molar-refractivity contribution in [3.63, 3.8) is 0 Å². The number of hydrogen-bond donors (Lipinski definition) is 0. The molecule has 0 saturated heterocycles. The highest BCUT2D eigenvalue weighted by atomic mass is 79.9. The van der Waals surface area contributed by atoms with Gasteiger partial charge in [-0.25, -0.2) is 9.97 Å². The molecule has 0 unspecified atom stereocenters. The van der Waals surface area contributed by atoms with Crippen molar-refractivity contribution in [2.45, 2.75) is 0 Å². The fourth-order valence-corrected chi connectivity index (χ4v) is 1.99. The van der Waals surface area contributed by atoms with E-state index in [4.69, 9.17) is 16.3 Å². The molecule has 0 radical (unpaired) electrons. The number of pyridine rings is 2. The Hall–Kier alpha value is -1.73. The lowest BCUT2D eigenvalue weighted by Crippen LogP contribution is -1.98. The van der Waals surface area contributed by atoms with Crippen LogP contribution in [0.4, 0.5) is 5.69 Å². The lowest BCUT2D eigenvalue weighted by atomic mass is 10.1. The Bertz CT molecular complexity index is 651. The van der Waals surface area contributed by atoms with Gasteiger partial charge in [0.05, 0.1) is 17.6 Å². The molecular weight excluding hydrogens is 337 g/mol. The maximum absolute atomic E-state index is 11.1. The molecule has 0 N–H and O–H groups in total. The molecule has 2 aromatic rings. The Morgan fingerprint density at radius 2 is 2.21 bits per heavy atom. The van der Waals surface area contributed by atoms with E-state index in [-0.39, 0.29) is 22.4 Å². The first-order chi connectivity index (χ1) is 9.02. The van der Waals surface area contributed by atoms with Gasteiger partial charge in [0.25, 0.3) is 5.69 Å². The molecule has 0 aliphatic rings. The van der Waals surface area contributed by atoms with Crippen molar-refractivity contribution in [3.05, 3.63) is 44.1 Å². The average molecular weight is 345 g/mol. The standard InChI is InChI=1S/C11H7BrClN3O3/c1-19-11-7(2-3-9(13)15-11)10-8(16(17)18)4-6(12)5-14-10/h2-5H,1H3. The van der Waals surface area contributed by atoms with Crippen molar-refractivity contribution in [2.75, 3.05) is 7.11 Å². The van der Waals surface area contributed by atoms with Crippen LogP contribution in [-0.4, -0.2) is 22.0 Å². The number of aromatic nitrogens is 2. The van der Waals surface area contributed by atoms with Crippen molar-refractivity contribution in [2.24, 2.45) is 0 Å². The minimum atomic E-state index is -0.513. The van der Waals surface area contributed by atoms with Gasteiger partial charge < -0.3 is 4.74 Å². The van der Waals surface area contributed by atoms with Crippen molar-refractivity contribution in [3.8, 4) is 17.1 Å². The summed E-state index contributed by atoms with van der Waals surface area (Å²) in [5.41, 5.74) is 0.442. The van der Waals surface area contributed by atoms with Crippen LogP contribution in [0.3, 0.4) is 0 Å². The topological polar surface area (TPSA) is 78.2 Å². The van der Waals surface area contributed by atoms with Gasteiger partial charge in [-0.05, 0) is 28.1 Å². The Labute approximate surface area is 121 Å². The summed E-state index contributed by atoms with van der Waals surface area (Å²) in [6.07, 6.45) is 1.47. The number of ether oxygens (including phenoxy) is 1. The van der Waals surface area contributed by atoms with E-state index in [2.05, 4.69) is 25.9 Å². The molecule has 0 bridgehead atoms. The SMILES string of the molecule is COc1nc(Cl)ccc1-c1ncc(Br)cc1[N+](=O)[O-]. The van der Waals surface area contributed by atoms with Crippen LogP contribution >= 0.6 is 27.5 Å². The summed E-state index contributed by atoms with van der Waals surface area (Å²) in [5, 5.41) is 11.3. The van der Waals surface area contributed by atoms with Gasteiger partial charge in [-0.3, -0.25) is 10.1 Å². The lowest BCUT2D eigenvalue weighted by molar-refractivity contribution is -0.384. The Kier molecular flexibility index (Phi) is 3.96. The van der Waals surface area contributed by atoms with Gasteiger partial charge in [-0.15, -0.1) is 0 Å². The molecule has 2 rings (SSSR count). The van der Waals surface area contributed by atoms with Crippen LogP contribution in [0.5, 0.6) is 5.88 Å². The molecule has 0 saturated carbocycles. The zero-order chi connectivity index (χ0) is 14.0. The molecule has 0 fully saturated rings. The third-order valence-electron chi connectivity index (χ3n) is 2.31. The molecule has 0 aliphatic carbocycles. The predicted octanol–water partition coefficient (Wildman–Crippen LogP) is 3.48. The first kappa shape index (κ1) is 13.7. The third-order valence-corrected chi connectivity index (χ3v) is 2.95. The van der Waals surface area contributed by atoms with Gasteiger partial charge in [-0.1, -0.05) is 11.6 Å². The van der Waals surface area contributed by atoms with Crippen LogP contribution in [0, 0.1) is 10.1 Å². The minimum absolute atomic E-state index is 0.142. The maximum Gasteiger partial charge on any atom is 0.296 e. The quantitative estimate of drug-likeness (QED) is 0.484. The maximum atomic E-state index is 11.1. The lowest BCUT2D eigenvalue weighted by Gasteiger charge is -2.07. The fourth-order valence-electron chi connectivity index (χ4n) is 1.53. The molecule has 0 atom stereocenters. The fraction of sp³-hybridized carbons (Fsp3) is 0.0909. The molecule has 0 amide bonds. The number of nitrogens with zero attached hydrogens (tertiary/aromatic N) is 3. The second-order valence-corrected chi connectivity index (χ2v) is 4.77. The van der Waals surface area contributed by atoms with E-state index in [0.29, 0.717) is 10.0 Å². The van der Waals surface area contributed by atoms with E-state index < -0.39 is 4.92 Å². The van der Waals surface area contributed by atoms with Gasteiger partial charge in [-0.2, -0.15) is 0 Å². The molecule has 2 heterocycles. The summed E-state index contributed by atoms with van der Waals surface area (Å²) in [5.74, 6) is 0.186. The number of halogens is 2. The van der Waals surface area contributed by atoms with Crippen LogP contribution in [0.25, 0.3) is 11.3 Å². The highest BCUT2D eigenvalue weighted by Crippen LogP contribution is 2.35. The minimum Gasteiger partial charge on any atom is -0.480 e. The monoisotopic (exact) mass is 343 g/mol. The Balaban J connectivity index is 2.68. The van der Waals surface area contributed by atoms with E-state index in [0.717, 1.165) is 0 Å². The van der Waals surface area contributed by atoms with Crippen molar-refractivity contribution in [1.29, 1.82) is 0 Å². The molecule has 0 aromatic carbocycles. The van der Waals surface area contributed by atoms with E-state index in [1.807, 2.05) is 0 Å². The first-order valence-corrected chi connectivity index (χ1v) is 6.21. The highest BCUT2D eigenvalue weighted by molar-refractivity contribution is 9.10. The smallest absolute Gasteiger partial charge is 0.296 e. The van der Waals surface area contributed by atoms with Gasteiger partial charge in [0, 0.05) is 16.7 Å². The second kappa shape index (κ2) is 5.50. The van der Waals surface area contributed by atoms with Crippen molar-refractivity contribution < 1.29 is 9.66 Å². The molecular formula is C11H7BrClN3O3. The summed E-state index contributed by atoms with van der Waals surface area (Å²) >= 11 is 8.91. The molecule has 6 nitrogen and oxygen atoms in total. The van der Waals surface area contributed by atoms with E-state index in [1.54, 1.807) is 6.07 Å². The summed E-state index contributed by atoms with van der Waals surface area (Å²) in [6, 6.07) is 4.47. The summed E-state index contributed by atoms with van der Waals surface area (Å²) in [7, 11) is 1.41. The van der Waals surface area contributed by atoms with Crippen LogP contribution in [0.15, 0.2) is 28.9 Å². The normalized spacial score (nSPS) is 10.3. The van der Waals surface area contributed by atoms with Crippen LogP contribution in [0.2, 0.25) is 5.15 Å². The zero-order valence-corrected chi connectivity index (χ0v) is 12.0. The Morgan fingerprint density at radius 3 is 2.84 bits per heavy atom. The van der Waals surface area contributed by atoms with E-state index >= 15 is 0 Å². The predicted molar refractivity (Wildman–Crippen MR) is 73.4 cm³/mol. The Morgan fingerprint density at radius 1 is 1.47 bits per heavy atom. The van der Waals surface area contributed by atoms with Crippen molar-refractivity contribution in [1.82, 2.24) is 9.97 Å². The third kappa shape index (κ3) is 2.82. The van der Waals surface area contributed by atoms with E-state index in [1.165, 1.54) is 25.4 Å². The number of methoxy groups -OCH3 is 1. The zero-order valence-electron chi connectivity index (χ0n) is 9.63. The molecule has 0 aliphatic heterocycles. The van der Waals surface area contributed by atoms with Crippen LogP contribution in [0.1, 0.15) is 0 Å². The van der Waals surface area contributed by atoms with Gasteiger partial charge in [0.15, 0.2) is 5.69 Å². The van der Waals surface area contributed by atoms with Crippen LogP contribution < -0.4 is 4.74 Å². The average Bonchev–Trinajstić information content (AvgIpc) is 2.38. The first-order valence-electron chi connectivity index (χ1n) is 5.03. The summed E-state index contributed by atoms with van der Waals surface area (Å²) in [6.45, 7) is 0. The van der Waals surface area contributed by atoms with E-state index in [9.17, 15) is 10.1 Å².